The number of nitrogens with zero attached hydrogens (tertiary/aromatic N) is 3. The van der Waals surface area contributed by atoms with Crippen LogP contribution in [0.2, 0.25) is 0 Å². The molecule has 3 aromatic rings. The van der Waals surface area contributed by atoms with Gasteiger partial charge in [0.05, 0.1) is 36.8 Å². The maximum atomic E-state index is 13.2. The van der Waals surface area contributed by atoms with Crippen LogP contribution in [-0.2, 0) is 11.3 Å². The summed E-state index contributed by atoms with van der Waals surface area (Å²) >= 11 is 1.63. The quantitative estimate of drug-likeness (QED) is 0.690. The molecule has 0 spiro atoms. The minimum absolute atomic E-state index is 0.0992. The first kappa shape index (κ1) is 16.0. The Labute approximate surface area is 156 Å². The number of benzene rings is 1. The Morgan fingerprint density at radius 2 is 2.15 bits per heavy atom. The van der Waals surface area contributed by atoms with E-state index in [1.54, 1.807) is 11.3 Å². The molecule has 1 aliphatic carbocycles. The van der Waals surface area contributed by atoms with Crippen molar-refractivity contribution in [3.05, 3.63) is 53.4 Å². The summed E-state index contributed by atoms with van der Waals surface area (Å²) in [7, 11) is 0. The third-order valence-corrected chi connectivity index (χ3v) is 6.25. The predicted octanol–water partition coefficient (Wildman–Crippen LogP) is 3.72. The van der Waals surface area contributed by atoms with Gasteiger partial charge in [-0.15, -0.1) is 11.3 Å². The van der Waals surface area contributed by atoms with Gasteiger partial charge < -0.3 is 14.2 Å². The molecule has 1 unspecified atom stereocenters. The fourth-order valence-electron chi connectivity index (χ4n) is 3.64. The second kappa shape index (κ2) is 6.52. The maximum Gasteiger partial charge on any atom is 0.255 e. The standard InChI is InChI=1S/C20H21N3O2S/c24-20(18-12-26-19-4-2-1-3-17(18)19)22-8-15-7-21-13-23(15)16(9-22)11-25-10-14-5-6-14/h1-4,7,12-14,16H,5-6,8-11H2. The van der Waals surface area contributed by atoms with E-state index in [1.807, 2.05) is 41.0 Å². The third kappa shape index (κ3) is 2.93. The highest BCUT2D eigenvalue weighted by Crippen LogP contribution is 2.31. The van der Waals surface area contributed by atoms with Gasteiger partial charge in [0.1, 0.15) is 0 Å². The van der Waals surface area contributed by atoms with Crippen molar-refractivity contribution in [2.75, 3.05) is 19.8 Å². The Morgan fingerprint density at radius 3 is 3.04 bits per heavy atom. The molecule has 1 fully saturated rings. The zero-order chi connectivity index (χ0) is 17.5. The van der Waals surface area contributed by atoms with Gasteiger partial charge in [0.25, 0.3) is 5.91 Å². The molecule has 5 nitrogen and oxygen atoms in total. The lowest BCUT2D eigenvalue weighted by molar-refractivity contribution is 0.0500. The smallest absolute Gasteiger partial charge is 0.255 e. The first-order valence-electron chi connectivity index (χ1n) is 9.13. The van der Waals surface area contributed by atoms with E-state index in [4.69, 9.17) is 4.74 Å². The van der Waals surface area contributed by atoms with Gasteiger partial charge in [0.15, 0.2) is 0 Å². The molecule has 2 aliphatic rings. The second-order valence-electron chi connectivity index (χ2n) is 7.26. The molecule has 0 bridgehead atoms. The Morgan fingerprint density at radius 1 is 1.27 bits per heavy atom. The van der Waals surface area contributed by atoms with Crippen molar-refractivity contribution in [1.82, 2.24) is 14.5 Å². The molecule has 1 atom stereocenters. The van der Waals surface area contributed by atoms with Gasteiger partial charge in [-0.3, -0.25) is 4.79 Å². The van der Waals surface area contributed by atoms with Gasteiger partial charge in [0.2, 0.25) is 0 Å². The molecular weight excluding hydrogens is 346 g/mol. The molecule has 1 saturated carbocycles. The van der Waals surface area contributed by atoms with Gasteiger partial charge >= 0.3 is 0 Å². The predicted molar refractivity (Wildman–Crippen MR) is 101 cm³/mol. The van der Waals surface area contributed by atoms with Crippen LogP contribution >= 0.6 is 11.3 Å². The van der Waals surface area contributed by atoms with Gasteiger partial charge in [-0.05, 0) is 24.8 Å². The molecule has 5 rings (SSSR count). The first-order chi connectivity index (χ1) is 12.8. The number of rotatable bonds is 5. The molecule has 1 aliphatic heterocycles. The summed E-state index contributed by atoms with van der Waals surface area (Å²) in [5.74, 6) is 0.845. The maximum absolute atomic E-state index is 13.2. The van der Waals surface area contributed by atoms with Gasteiger partial charge in [-0.1, -0.05) is 18.2 Å². The second-order valence-corrected chi connectivity index (χ2v) is 8.17. The number of amides is 1. The molecule has 1 amide bonds. The number of carbonyl (C=O) groups excluding carboxylic acids is 1. The molecule has 0 saturated heterocycles. The van der Waals surface area contributed by atoms with E-state index in [0.717, 1.165) is 33.9 Å². The number of hydrogen-bond donors (Lipinski definition) is 0. The lowest BCUT2D eigenvalue weighted by Gasteiger charge is -2.34. The average molecular weight is 367 g/mol. The van der Waals surface area contributed by atoms with Crippen molar-refractivity contribution < 1.29 is 9.53 Å². The first-order valence-corrected chi connectivity index (χ1v) is 10.0. The summed E-state index contributed by atoms with van der Waals surface area (Å²) in [5, 5.41) is 3.03. The Hall–Kier alpha value is -2.18. The fourth-order valence-corrected chi connectivity index (χ4v) is 4.58. The van der Waals surface area contributed by atoms with Gasteiger partial charge in [-0.25, -0.2) is 4.98 Å². The summed E-state index contributed by atoms with van der Waals surface area (Å²) < 4.78 is 9.25. The number of imidazole rings is 1. The van der Waals surface area contributed by atoms with E-state index in [0.29, 0.717) is 19.7 Å². The zero-order valence-electron chi connectivity index (χ0n) is 14.5. The molecule has 134 valence electrons. The normalized spacial score (nSPS) is 19.7. The van der Waals surface area contributed by atoms with E-state index < -0.39 is 0 Å². The minimum Gasteiger partial charge on any atom is -0.379 e. The highest BCUT2D eigenvalue weighted by Gasteiger charge is 2.30. The Bertz CT molecular complexity index is 943. The number of ether oxygens (including phenoxy) is 1. The number of carbonyl (C=O) groups is 1. The molecule has 0 radical (unpaired) electrons. The van der Waals surface area contributed by atoms with Gasteiger partial charge in [0, 0.05) is 34.8 Å². The SMILES string of the molecule is O=C(c1csc2ccccc12)N1Cc2cncn2C(COCC2CC2)C1. The highest BCUT2D eigenvalue weighted by atomic mass is 32.1. The molecule has 26 heavy (non-hydrogen) atoms. The van der Waals surface area contributed by atoms with Crippen molar-refractivity contribution in [3.63, 3.8) is 0 Å². The summed E-state index contributed by atoms with van der Waals surface area (Å²) in [6.07, 6.45) is 6.30. The minimum atomic E-state index is 0.0992. The lowest BCUT2D eigenvalue weighted by atomic mass is 10.1. The number of hydrogen-bond acceptors (Lipinski definition) is 4. The number of fused-ring (bicyclic) bond motifs is 2. The molecule has 0 N–H and O–H groups in total. The lowest BCUT2D eigenvalue weighted by Crippen LogP contribution is -2.42. The Kier molecular flexibility index (Phi) is 4.02. The van der Waals surface area contributed by atoms with E-state index in [9.17, 15) is 4.79 Å². The molecule has 2 aromatic heterocycles. The average Bonchev–Trinajstić information content (AvgIpc) is 3.19. The van der Waals surface area contributed by atoms with Crippen molar-refractivity contribution in [1.29, 1.82) is 0 Å². The Balaban J connectivity index is 1.37. The largest absolute Gasteiger partial charge is 0.379 e. The third-order valence-electron chi connectivity index (χ3n) is 5.28. The van der Waals surface area contributed by atoms with Crippen LogP contribution in [0.5, 0.6) is 0 Å². The monoisotopic (exact) mass is 367 g/mol. The van der Waals surface area contributed by atoms with Crippen LogP contribution in [0, 0.1) is 5.92 Å². The summed E-state index contributed by atoms with van der Waals surface area (Å²) in [6.45, 7) is 2.73. The van der Waals surface area contributed by atoms with Crippen molar-refractivity contribution in [2.24, 2.45) is 5.92 Å². The van der Waals surface area contributed by atoms with E-state index >= 15 is 0 Å². The fraction of sp³-hybridized carbons (Fsp3) is 0.400. The van der Waals surface area contributed by atoms with Gasteiger partial charge in [-0.2, -0.15) is 0 Å². The van der Waals surface area contributed by atoms with Crippen molar-refractivity contribution in [2.45, 2.75) is 25.4 Å². The van der Waals surface area contributed by atoms with Crippen molar-refractivity contribution >= 4 is 27.3 Å². The number of thiophene rings is 1. The molecule has 1 aromatic carbocycles. The van der Waals surface area contributed by atoms with E-state index in [1.165, 1.54) is 12.8 Å². The number of aromatic nitrogens is 2. The zero-order valence-corrected chi connectivity index (χ0v) is 15.3. The van der Waals surface area contributed by atoms with E-state index in [2.05, 4.69) is 15.6 Å². The summed E-state index contributed by atoms with van der Waals surface area (Å²) in [5.41, 5.74) is 1.88. The van der Waals surface area contributed by atoms with Crippen LogP contribution in [0.1, 0.15) is 34.9 Å². The molecule has 3 heterocycles. The van der Waals surface area contributed by atoms with E-state index in [-0.39, 0.29) is 11.9 Å². The van der Waals surface area contributed by atoms with Crippen LogP contribution in [-0.4, -0.2) is 40.1 Å². The van der Waals surface area contributed by atoms with Crippen LogP contribution in [0.3, 0.4) is 0 Å². The topological polar surface area (TPSA) is 47.4 Å². The van der Waals surface area contributed by atoms with Crippen molar-refractivity contribution in [3.8, 4) is 0 Å². The van der Waals surface area contributed by atoms with Crippen LogP contribution in [0.25, 0.3) is 10.1 Å². The molecular formula is C20H21N3O2S. The summed E-state index contributed by atoms with van der Waals surface area (Å²) in [4.78, 5) is 19.4. The summed E-state index contributed by atoms with van der Waals surface area (Å²) in [6, 6.07) is 8.24. The van der Waals surface area contributed by atoms with Crippen LogP contribution in [0.4, 0.5) is 0 Å². The van der Waals surface area contributed by atoms with Crippen LogP contribution in [0.15, 0.2) is 42.2 Å². The highest BCUT2D eigenvalue weighted by molar-refractivity contribution is 7.17. The molecule has 6 heteroatoms. The van der Waals surface area contributed by atoms with Crippen LogP contribution < -0.4 is 0 Å².